The normalized spacial score (nSPS) is 37.2. The topological polar surface area (TPSA) is 416 Å². The second-order valence-electron chi connectivity index (χ2n) is 22.9. The summed E-state index contributed by atoms with van der Waals surface area (Å²) in [6.45, 7) is 5.63. The van der Waals surface area contributed by atoms with Crippen LogP contribution in [-0.2, 0) is 47.4 Å². The minimum atomic E-state index is -1.60. The van der Waals surface area contributed by atoms with E-state index in [2.05, 4.69) is 20.8 Å². The monoisotopic (exact) mass is 1220 g/mol. The maximum Gasteiger partial charge on any atom is 0.187 e. The predicted molar refractivity (Wildman–Crippen MR) is 300 cm³/mol. The van der Waals surface area contributed by atoms with Gasteiger partial charge < -0.3 is 129 Å². The van der Waals surface area contributed by atoms with E-state index in [1.54, 1.807) is 0 Å². The third-order valence-corrected chi connectivity index (χ3v) is 15.8. The van der Waals surface area contributed by atoms with Gasteiger partial charge in [0.25, 0.3) is 0 Å². The van der Waals surface area contributed by atoms with E-state index >= 15 is 0 Å². The molecule has 5 heterocycles. The van der Waals surface area contributed by atoms with Crippen LogP contribution < -0.4 is 0 Å². The summed E-state index contributed by atoms with van der Waals surface area (Å²) >= 11 is 0. The lowest BCUT2D eigenvalue weighted by Gasteiger charge is -2.44. The van der Waals surface area contributed by atoms with E-state index < -0.39 is 161 Å². The Balaban J connectivity index is 0.000000343. The van der Waals surface area contributed by atoms with Gasteiger partial charge in [0.2, 0.25) is 0 Å². The Labute approximate surface area is 496 Å². The number of rotatable bonds is 37. The number of ether oxygens (including phenoxy) is 10. The van der Waals surface area contributed by atoms with Crippen molar-refractivity contribution >= 4 is 0 Å². The zero-order valence-electron chi connectivity index (χ0n) is 50.1. The molecular weight excluding hydrogens is 1110 g/mol. The number of hydrogen-bond acceptors (Lipinski definition) is 26. The van der Waals surface area contributed by atoms with E-state index in [0.717, 1.165) is 64.2 Å². The van der Waals surface area contributed by atoms with Crippen LogP contribution >= 0.6 is 0 Å². The molecule has 6 unspecified atom stereocenters. The van der Waals surface area contributed by atoms with Crippen molar-refractivity contribution in [3.63, 3.8) is 0 Å². The van der Waals surface area contributed by atoms with Crippen LogP contribution in [0.1, 0.15) is 175 Å². The summed E-state index contributed by atoms with van der Waals surface area (Å²) in [6, 6.07) is 0. The molecule has 5 rings (SSSR count). The molecule has 500 valence electrons. The first-order valence-corrected chi connectivity index (χ1v) is 31.4. The van der Waals surface area contributed by atoms with E-state index in [4.69, 9.17) is 52.5 Å². The molecule has 5 saturated heterocycles. The molecule has 26 heteroatoms. The van der Waals surface area contributed by atoms with Crippen molar-refractivity contribution in [3.05, 3.63) is 0 Å². The molecule has 26 nitrogen and oxygen atoms in total. The van der Waals surface area contributed by atoms with Crippen LogP contribution in [0.4, 0.5) is 0 Å². The minimum Gasteiger partial charge on any atom is -0.394 e. The van der Waals surface area contributed by atoms with Gasteiger partial charge in [0.15, 0.2) is 31.5 Å². The Morgan fingerprint density at radius 1 is 0.286 bits per heavy atom. The van der Waals surface area contributed by atoms with Crippen molar-refractivity contribution in [1.29, 1.82) is 0 Å². The van der Waals surface area contributed by atoms with E-state index in [9.17, 15) is 76.6 Å². The fraction of sp³-hybridized carbons (Fsp3) is 1.00. The first-order chi connectivity index (χ1) is 40.4. The molecule has 0 radical (unpaired) electrons. The lowest BCUT2D eigenvalue weighted by atomic mass is 9.98. The molecule has 0 aliphatic carbocycles. The second kappa shape index (κ2) is 44.4. The Morgan fingerprint density at radius 2 is 0.595 bits per heavy atom. The van der Waals surface area contributed by atoms with Gasteiger partial charge in [0.1, 0.15) is 97.7 Å². The molecule has 5 aliphatic rings. The molecule has 84 heavy (non-hydrogen) atoms. The van der Waals surface area contributed by atoms with Gasteiger partial charge in [0, 0.05) is 32.7 Å². The predicted octanol–water partition coefficient (Wildman–Crippen LogP) is -0.243. The maximum atomic E-state index is 10.5. The summed E-state index contributed by atoms with van der Waals surface area (Å²) < 4.78 is 54.9. The maximum absolute atomic E-state index is 10.5. The molecule has 0 aromatic carbocycles. The SMILES string of the molecule is CCCCCCCCCCCCO[C@@H]1OC(CO)[C@@H](O[C@@H]2OC(CO)[C@@H](O)[C@H](O)C2O)CC1O.CCCCCCCCO[C@@H]1OC(CO)[C@@H](O)CC1O.CCCCCCCCO[C@@H]1O[C@H](CO[C@H]2O[C@H](CO)[C@H](O)[C@H](O)[C@H]2O)[C@@H](O)[C@H](O)[C@H]1O. The van der Waals surface area contributed by atoms with Gasteiger partial charge in [-0.1, -0.05) is 143 Å². The molecule has 0 spiro atoms. The second-order valence-corrected chi connectivity index (χ2v) is 22.9. The Bertz CT molecular complexity index is 1580. The summed E-state index contributed by atoms with van der Waals surface area (Å²) in [5.41, 5.74) is 0. The number of hydrogen-bond donors (Lipinski definition) is 16. The van der Waals surface area contributed by atoms with Crippen LogP contribution in [0.15, 0.2) is 0 Å². The first kappa shape index (κ1) is 77.2. The van der Waals surface area contributed by atoms with Crippen molar-refractivity contribution in [2.24, 2.45) is 0 Å². The standard InChI is InChI=1S/C24H46O10.C20H38O11.C14H28O5/c1-2-3-4-5-6-7-8-9-10-11-12-31-23-16(27)13-17(18(14-25)33-23)32-24-22(30)21(29)20(28)19(15-26)34-24;1-2-3-4-5-6-7-8-28-19-17(26)16(25)14(23)12(31-19)10-29-20-18(27)15(24)13(22)11(9-21)30-20;1-2-3-4-5-6-7-8-18-14-12(17)9-11(16)13(10-15)19-14/h16-30H,2-15H2,1H3;11-27H,2-10H2,1H3;11-17H,2-10H2,1H3/t16?,17-,18?,19?,20+,21-,22?,23+,24+;11-,12-,13+,14-,15+,16+,17-,18-,19-,20+;11-,12?,13?,14+/m010/s1. The Hall–Kier alpha value is -1.04. The van der Waals surface area contributed by atoms with E-state index in [1.165, 1.54) is 77.0 Å². The van der Waals surface area contributed by atoms with Gasteiger partial charge in [-0.3, -0.25) is 0 Å². The van der Waals surface area contributed by atoms with Crippen molar-refractivity contribution in [1.82, 2.24) is 0 Å². The molecule has 0 bridgehead atoms. The van der Waals surface area contributed by atoms with Crippen molar-refractivity contribution in [3.8, 4) is 0 Å². The highest BCUT2D eigenvalue weighted by atomic mass is 16.7. The highest BCUT2D eigenvalue weighted by Gasteiger charge is 2.49. The van der Waals surface area contributed by atoms with Crippen LogP contribution in [0.25, 0.3) is 0 Å². The van der Waals surface area contributed by atoms with Gasteiger partial charge in [-0.05, 0) is 19.3 Å². The molecule has 0 aromatic heterocycles. The molecule has 0 amide bonds. The third kappa shape index (κ3) is 26.8. The fourth-order valence-electron chi connectivity index (χ4n) is 10.4. The lowest BCUT2D eigenvalue weighted by Crippen LogP contribution is -2.61. The van der Waals surface area contributed by atoms with Crippen LogP contribution in [0, 0.1) is 0 Å². The molecule has 5 fully saturated rings. The van der Waals surface area contributed by atoms with Crippen LogP contribution in [0.2, 0.25) is 0 Å². The molecule has 0 aromatic rings. The Morgan fingerprint density at radius 3 is 1.01 bits per heavy atom. The van der Waals surface area contributed by atoms with Crippen molar-refractivity contribution < 1.29 is 129 Å². The lowest BCUT2D eigenvalue weighted by molar-refractivity contribution is -0.342. The van der Waals surface area contributed by atoms with Gasteiger partial charge in [-0.2, -0.15) is 0 Å². The molecule has 0 saturated carbocycles. The zero-order chi connectivity index (χ0) is 62.0. The molecular formula is C58H112O26. The van der Waals surface area contributed by atoms with Gasteiger partial charge in [0.05, 0.1) is 45.2 Å². The zero-order valence-corrected chi connectivity index (χ0v) is 50.1. The number of unbranched alkanes of at least 4 members (excludes halogenated alkanes) is 19. The smallest absolute Gasteiger partial charge is 0.187 e. The highest BCUT2D eigenvalue weighted by molar-refractivity contribution is 4.93. The fourth-order valence-corrected chi connectivity index (χ4v) is 10.4. The average molecular weight is 1230 g/mol. The third-order valence-electron chi connectivity index (χ3n) is 15.8. The van der Waals surface area contributed by atoms with Crippen LogP contribution in [-0.4, -0.2) is 276 Å². The van der Waals surface area contributed by atoms with Gasteiger partial charge >= 0.3 is 0 Å². The molecule has 16 N–H and O–H groups in total. The van der Waals surface area contributed by atoms with Crippen molar-refractivity contribution in [2.45, 2.75) is 316 Å². The molecule has 5 aliphatic heterocycles. The largest absolute Gasteiger partial charge is 0.394 e. The first-order valence-electron chi connectivity index (χ1n) is 31.4. The average Bonchev–Trinajstić information content (AvgIpc) is 3.41. The minimum absolute atomic E-state index is 0.0585. The van der Waals surface area contributed by atoms with E-state index in [-0.39, 0.29) is 26.1 Å². The van der Waals surface area contributed by atoms with Crippen molar-refractivity contribution in [2.75, 3.05) is 52.9 Å². The number of aliphatic hydroxyl groups excluding tert-OH is 16. The quantitative estimate of drug-likeness (QED) is 0.0357. The summed E-state index contributed by atoms with van der Waals surface area (Å²) in [5.74, 6) is 0. The summed E-state index contributed by atoms with van der Waals surface area (Å²) in [6.07, 6.45) is -2.05. The summed E-state index contributed by atoms with van der Waals surface area (Å²) in [4.78, 5) is 0. The van der Waals surface area contributed by atoms with Gasteiger partial charge in [-0.25, -0.2) is 0 Å². The number of aliphatic hydroxyl groups is 16. The van der Waals surface area contributed by atoms with Crippen LogP contribution in [0.5, 0.6) is 0 Å². The van der Waals surface area contributed by atoms with Crippen LogP contribution in [0.3, 0.4) is 0 Å². The van der Waals surface area contributed by atoms with E-state index in [1.807, 2.05) is 0 Å². The summed E-state index contributed by atoms with van der Waals surface area (Å²) in [7, 11) is 0. The molecule has 23 atom stereocenters. The Kier molecular flexibility index (Phi) is 40.8. The van der Waals surface area contributed by atoms with E-state index in [0.29, 0.717) is 19.8 Å². The highest BCUT2D eigenvalue weighted by Crippen LogP contribution is 2.31. The summed E-state index contributed by atoms with van der Waals surface area (Å²) in [5, 5.41) is 157. The van der Waals surface area contributed by atoms with Gasteiger partial charge in [-0.15, -0.1) is 0 Å².